The van der Waals surface area contributed by atoms with Gasteiger partial charge in [-0.3, -0.25) is 14.7 Å². The van der Waals surface area contributed by atoms with Crippen molar-refractivity contribution in [2.45, 2.75) is 0 Å². The maximum Gasteiger partial charge on any atom is 0.269 e. The van der Waals surface area contributed by atoms with Gasteiger partial charge in [-0.05, 0) is 14.1 Å². The van der Waals surface area contributed by atoms with Crippen LogP contribution in [0.5, 0.6) is 0 Å². The molecule has 0 aliphatic carbocycles. The van der Waals surface area contributed by atoms with Gasteiger partial charge in [-0.25, -0.2) is 0 Å². The average molecular weight is 225 g/mol. The molecule has 1 rings (SSSR count). The van der Waals surface area contributed by atoms with Crippen molar-refractivity contribution in [3.05, 3.63) is 17.5 Å². The first kappa shape index (κ1) is 12.2. The zero-order valence-corrected chi connectivity index (χ0v) is 9.28. The molecule has 0 aliphatic heterocycles. The lowest BCUT2D eigenvalue weighted by Gasteiger charge is -2.09. The highest BCUT2D eigenvalue weighted by Crippen LogP contribution is 1.98. The fraction of sp³-hybridized carbons (Fsp3) is 0.444. The maximum absolute atomic E-state index is 11.5. The standard InChI is InChI=1S/C9H15N5O2/c1-14(2)4-3-11-9(16)7-5-6(8(10)15)12-13-7/h5H,3-4H2,1-2H3,(H2,10,15)(H,11,16)(H,12,13). The van der Waals surface area contributed by atoms with Crippen LogP contribution < -0.4 is 11.1 Å². The summed E-state index contributed by atoms with van der Waals surface area (Å²) in [4.78, 5) is 24.2. The van der Waals surface area contributed by atoms with E-state index < -0.39 is 5.91 Å². The zero-order valence-electron chi connectivity index (χ0n) is 9.28. The SMILES string of the molecule is CN(C)CCNC(=O)c1cc(C(N)=O)n[nH]1. The molecule has 0 fully saturated rings. The van der Waals surface area contributed by atoms with Gasteiger partial charge in [0.25, 0.3) is 11.8 Å². The molecule has 0 saturated heterocycles. The van der Waals surface area contributed by atoms with Crippen LogP contribution in [-0.2, 0) is 0 Å². The van der Waals surface area contributed by atoms with E-state index >= 15 is 0 Å². The van der Waals surface area contributed by atoms with Crippen LogP contribution in [0.3, 0.4) is 0 Å². The Morgan fingerprint density at radius 2 is 2.25 bits per heavy atom. The van der Waals surface area contributed by atoms with Crippen LogP contribution >= 0.6 is 0 Å². The molecule has 0 atom stereocenters. The number of amides is 2. The van der Waals surface area contributed by atoms with Crippen LogP contribution in [0.4, 0.5) is 0 Å². The molecule has 0 aliphatic rings. The fourth-order valence-corrected chi connectivity index (χ4v) is 1.05. The normalized spacial score (nSPS) is 10.4. The smallest absolute Gasteiger partial charge is 0.269 e. The van der Waals surface area contributed by atoms with Crippen LogP contribution in [0.2, 0.25) is 0 Å². The molecule has 7 heteroatoms. The van der Waals surface area contributed by atoms with Crippen molar-refractivity contribution >= 4 is 11.8 Å². The predicted molar refractivity (Wildman–Crippen MR) is 58.0 cm³/mol. The Hall–Kier alpha value is -1.89. The molecule has 1 aromatic heterocycles. The van der Waals surface area contributed by atoms with Gasteiger partial charge in [0, 0.05) is 19.2 Å². The van der Waals surface area contributed by atoms with E-state index in [0.717, 1.165) is 6.54 Å². The number of nitrogens with zero attached hydrogens (tertiary/aromatic N) is 2. The number of likely N-dealkylation sites (N-methyl/N-ethyl adjacent to an activating group) is 1. The minimum Gasteiger partial charge on any atom is -0.364 e. The summed E-state index contributed by atoms with van der Waals surface area (Å²) in [6.07, 6.45) is 0. The van der Waals surface area contributed by atoms with Crippen molar-refractivity contribution in [1.29, 1.82) is 0 Å². The van der Waals surface area contributed by atoms with Gasteiger partial charge >= 0.3 is 0 Å². The summed E-state index contributed by atoms with van der Waals surface area (Å²) in [6.45, 7) is 1.26. The highest BCUT2D eigenvalue weighted by molar-refractivity contribution is 5.96. The summed E-state index contributed by atoms with van der Waals surface area (Å²) in [7, 11) is 3.82. The molecule has 2 amide bonds. The summed E-state index contributed by atoms with van der Waals surface area (Å²) in [6, 6.07) is 1.33. The first-order valence-electron chi connectivity index (χ1n) is 4.79. The molecule has 1 heterocycles. The Morgan fingerprint density at radius 3 is 2.75 bits per heavy atom. The third-order valence-corrected chi connectivity index (χ3v) is 1.92. The van der Waals surface area contributed by atoms with Gasteiger partial charge in [-0.15, -0.1) is 0 Å². The van der Waals surface area contributed by atoms with E-state index in [2.05, 4.69) is 15.5 Å². The Bertz CT molecular complexity index is 385. The molecule has 7 nitrogen and oxygen atoms in total. The number of carbonyl (C=O) groups excluding carboxylic acids is 2. The third-order valence-electron chi connectivity index (χ3n) is 1.92. The van der Waals surface area contributed by atoms with E-state index in [4.69, 9.17) is 5.73 Å². The lowest BCUT2D eigenvalue weighted by Crippen LogP contribution is -2.31. The number of carbonyl (C=O) groups is 2. The molecule has 0 aromatic carbocycles. The molecule has 0 saturated carbocycles. The van der Waals surface area contributed by atoms with E-state index in [1.807, 2.05) is 19.0 Å². The van der Waals surface area contributed by atoms with Crippen LogP contribution in [0.1, 0.15) is 21.0 Å². The lowest BCUT2D eigenvalue weighted by atomic mass is 10.3. The number of hydrogen-bond donors (Lipinski definition) is 3. The summed E-state index contributed by atoms with van der Waals surface area (Å²) in [5, 5.41) is 8.74. The van der Waals surface area contributed by atoms with Crippen LogP contribution in [-0.4, -0.2) is 54.1 Å². The maximum atomic E-state index is 11.5. The van der Waals surface area contributed by atoms with Crippen molar-refractivity contribution in [2.75, 3.05) is 27.2 Å². The molecular weight excluding hydrogens is 210 g/mol. The monoisotopic (exact) mass is 225 g/mol. The number of nitrogens with one attached hydrogen (secondary N) is 2. The number of nitrogens with two attached hydrogens (primary N) is 1. The Labute approximate surface area is 93.0 Å². The predicted octanol–water partition coefficient (Wildman–Crippen LogP) is -1.20. The van der Waals surface area contributed by atoms with Crippen LogP contribution in [0.25, 0.3) is 0 Å². The van der Waals surface area contributed by atoms with Crippen LogP contribution in [0, 0.1) is 0 Å². The first-order valence-corrected chi connectivity index (χ1v) is 4.79. The van der Waals surface area contributed by atoms with Gasteiger partial charge in [0.2, 0.25) is 0 Å². The first-order chi connectivity index (χ1) is 7.50. The number of aromatic nitrogens is 2. The number of H-pyrrole nitrogens is 1. The van der Waals surface area contributed by atoms with Crippen molar-refractivity contribution in [3.8, 4) is 0 Å². The Kier molecular flexibility index (Phi) is 4.01. The molecule has 0 radical (unpaired) electrons. The molecule has 1 aromatic rings. The molecule has 16 heavy (non-hydrogen) atoms. The number of primary amides is 1. The van der Waals surface area contributed by atoms with E-state index in [9.17, 15) is 9.59 Å². The molecule has 0 spiro atoms. The molecule has 88 valence electrons. The minimum absolute atomic E-state index is 0.0535. The highest BCUT2D eigenvalue weighted by Gasteiger charge is 2.11. The topological polar surface area (TPSA) is 104 Å². The van der Waals surface area contributed by atoms with Gasteiger partial charge < -0.3 is 16.0 Å². The largest absolute Gasteiger partial charge is 0.364 e. The van der Waals surface area contributed by atoms with Crippen LogP contribution in [0.15, 0.2) is 6.07 Å². The van der Waals surface area contributed by atoms with Gasteiger partial charge in [-0.2, -0.15) is 5.10 Å². The quantitative estimate of drug-likeness (QED) is 0.585. The fourth-order valence-electron chi connectivity index (χ4n) is 1.05. The van der Waals surface area contributed by atoms with Gasteiger partial charge in [0.15, 0.2) is 5.69 Å². The van der Waals surface area contributed by atoms with E-state index in [0.29, 0.717) is 6.54 Å². The van der Waals surface area contributed by atoms with E-state index in [1.54, 1.807) is 0 Å². The summed E-state index contributed by atoms with van der Waals surface area (Å²) < 4.78 is 0. The lowest BCUT2D eigenvalue weighted by molar-refractivity contribution is 0.0945. The molecule has 4 N–H and O–H groups in total. The molecule has 0 bridgehead atoms. The second-order valence-corrected chi connectivity index (χ2v) is 3.59. The minimum atomic E-state index is -0.663. The zero-order chi connectivity index (χ0) is 12.1. The summed E-state index contributed by atoms with van der Waals surface area (Å²) >= 11 is 0. The number of aromatic amines is 1. The molecular formula is C9H15N5O2. The average Bonchev–Trinajstić information content (AvgIpc) is 2.65. The van der Waals surface area contributed by atoms with Gasteiger partial charge in [0.1, 0.15) is 5.69 Å². The third kappa shape index (κ3) is 3.35. The Morgan fingerprint density at radius 1 is 1.56 bits per heavy atom. The van der Waals surface area contributed by atoms with Gasteiger partial charge in [-0.1, -0.05) is 0 Å². The highest BCUT2D eigenvalue weighted by atomic mass is 16.2. The number of rotatable bonds is 5. The summed E-state index contributed by atoms with van der Waals surface area (Å²) in [5.74, 6) is -0.967. The Balaban J connectivity index is 2.50. The van der Waals surface area contributed by atoms with E-state index in [1.165, 1.54) is 6.07 Å². The second-order valence-electron chi connectivity index (χ2n) is 3.59. The second kappa shape index (κ2) is 5.26. The van der Waals surface area contributed by atoms with Crippen molar-refractivity contribution in [2.24, 2.45) is 5.73 Å². The van der Waals surface area contributed by atoms with Gasteiger partial charge in [0.05, 0.1) is 0 Å². The van der Waals surface area contributed by atoms with Crippen molar-refractivity contribution in [3.63, 3.8) is 0 Å². The van der Waals surface area contributed by atoms with E-state index in [-0.39, 0.29) is 17.3 Å². The molecule has 0 unspecified atom stereocenters. The van der Waals surface area contributed by atoms with Crippen molar-refractivity contribution in [1.82, 2.24) is 20.4 Å². The van der Waals surface area contributed by atoms with Crippen molar-refractivity contribution < 1.29 is 9.59 Å². The summed E-state index contributed by atoms with van der Waals surface area (Å²) in [5.41, 5.74) is 5.29. The number of hydrogen-bond acceptors (Lipinski definition) is 4.